The van der Waals surface area contributed by atoms with E-state index in [0.29, 0.717) is 6.61 Å². The Bertz CT molecular complexity index is 581. The summed E-state index contributed by atoms with van der Waals surface area (Å²) < 4.78 is 5.97. The molecular weight excluding hydrogens is 250 g/mol. The van der Waals surface area contributed by atoms with Gasteiger partial charge in [-0.3, -0.25) is 4.84 Å². The Balaban J connectivity index is 1.67. The minimum absolute atomic E-state index is 0.0300. The van der Waals surface area contributed by atoms with Crippen LogP contribution in [0.25, 0.3) is 0 Å². The van der Waals surface area contributed by atoms with Crippen LogP contribution in [0.4, 0.5) is 0 Å². The zero-order valence-electron chi connectivity index (χ0n) is 11.8. The number of rotatable bonds is 4. The van der Waals surface area contributed by atoms with Crippen LogP contribution in [-0.2, 0) is 11.4 Å². The van der Waals surface area contributed by atoms with E-state index in [1.54, 1.807) is 0 Å². The van der Waals surface area contributed by atoms with Gasteiger partial charge in [-0.2, -0.15) is 5.48 Å². The maximum atomic E-state index is 5.97. The third-order valence-electron chi connectivity index (χ3n) is 3.58. The molecule has 1 atom stereocenters. The Hall–Kier alpha value is -1.84. The first-order valence-corrected chi connectivity index (χ1v) is 6.86. The van der Waals surface area contributed by atoms with Gasteiger partial charge in [-0.15, -0.1) is 0 Å². The Morgan fingerprint density at radius 1 is 1.05 bits per heavy atom. The summed E-state index contributed by atoms with van der Waals surface area (Å²) in [6, 6.07) is 18.2. The summed E-state index contributed by atoms with van der Waals surface area (Å²) in [7, 11) is 0. The Morgan fingerprint density at radius 2 is 1.75 bits per heavy atom. The molecule has 1 unspecified atom stereocenters. The van der Waals surface area contributed by atoms with Crippen LogP contribution in [0.5, 0.6) is 5.75 Å². The number of nitrogens with one attached hydrogen (secondary N) is 1. The smallest absolute Gasteiger partial charge is 0.125 e. The number of ether oxygens (including phenoxy) is 1. The van der Waals surface area contributed by atoms with Crippen molar-refractivity contribution < 1.29 is 9.57 Å². The summed E-state index contributed by atoms with van der Waals surface area (Å²) in [6.07, 6.45) is 0. The highest BCUT2D eigenvalue weighted by Crippen LogP contribution is 2.42. The molecule has 1 aliphatic rings. The van der Waals surface area contributed by atoms with Crippen molar-refractivity contribution in [3.63, 3.8) is 0 Å². The van der Waals surface area contributed by atoms with Crippen LogP contribution >= 0.6 is 0 Å². The topological polar surface area (TPSA) is 30.5 Å². The van der Waals surface area contributed by atoms with Crippen molar-refractivity contribution in [1.82, 2.24) is 5.48 Å². The predicted octanol–water partition coefficient (Wildman–Crippen LogP) is 3.62. The van der Waals surface area contributed by atoms with Gasteiger partial charge in [0.1, 0.15) is 11.4 Å². The average molecular weight is 269 g/mol. The van der Waals surface area contributed by atoms with Crippen LogP contribution in [0.15, 0.2) is 54.6 Å². The van der Waals surface area contributed by atoms with Gasteiger partial charge in [0.15, 0.2) is 0 Å². The third kappa shape index (κ3) is 2.55. The molecule has 0 amide bonds. The molecule has 0 spiro atoms. The van der Waals surface area contributed by atoms with E-state index in [1.165, 1.54) is 0 Å². The second-order valence-corrected chi connectivity index (χ2v) is 5.57. The predicted molar refractivity (Wildman–Crippen MR) is 78.3 cm³/mol. The second-order valence-electron chi connectivity index (χ2n) is 5.57. The molecule has 3 nitrogen and oxygen atoms in total. The summed E-state index contributed by atoms with van der Waals surface area (Å²) in [5, 5.41) is 0. The highest BCUT2D eigenvalue weighted by molar-refractivity contribution is 5.41. The molecule has 0 fully saturated rings. The van der Waals surface area contributed by atoms with Gasteiger partial charge in [0.25, 0.3) is 0 Å². The number of hydroxylamine groups is 1. The van der Waals surface area contributed by atoms with Gasteiger partial charge in [-0.05, 0) is 25.5 Å². The van der Waals surface area contributed by atoms with Crippen molar-refractivity contribution in [1.29, 1.82) is 0 Å². The first kappa shape index (κ1) is 13.2. The van der Waals surface area contributed by atoms with Crippen LogP contribution in [0.2, 0.25) is 0 Å². The molecule has 0 aromatic heterocycles. The SMILES string of the molecule is CC1(C)Oc2ccccc2C1NOCc1ccccc1. The van der Waals surface area contributed by atoms with Gasteiger partial charge in [0.05, 0.1) is 12.6 Å². The first-order chi connectivity index (χ1) is 9.67. The number of hydrogen-bond acceptors (Lipinski definition) is 3. The fourth-order valence-electron chi connectivity index (χ4n) is 2.52. The molecule has 1 N–H and O–H groups in total. The monoisotopic (exact) mass is 269 g/mol. The van der Waals surface area contributed by atoms with Gasteiger partial charge >= 0.3 is 0 Å². The quantitative estimate of drug-likeness (QED) is 0.860. The second kappa shape index (κ2) is 5.27. The Labute approximate surface area is 119 Å². The fourth-order valence-corrected chi connectivity index (χ4v) is 2.52. The van der Waals surface area contributed by atoms with Gasteiger partial charge in [0.2, 0.25) is 0 Å². The molecule has 1 heterocycles. The molecule has 1 aliphatic heterocycles. The van der Waals surface area contributed by atoms with Crippen molar-refractivity contribution >= 4 is 0 Å². The largest absolute Gasteiger partial charge is 0.485 e. The van der Waals surface area contributed by atoms with Crippen molar-refractivity contribution in [2.24, 2.45) is 0 Å². The van der Waals surface area contributed by atoms with Crippen LogP contribution < -0.4 is 10.2 Å². The average Bonchev–Trinajstić information content (AvgIpc) is 2.71. The summed E-state index contributed by atoms with van der Waals surface area (Å²) >= 11 is 0. The lowest BCUT2D eigenvalue weighted by molar-refractivity contribution is -0.0403. The van der Waals surface area contributed by atoms with E-state index in [-0.39, 0.29) is 11.6 Å². The Kier molecular flexibility index (Phi) is 3.47. The van der Waals surface area contributed by atoms with Crippen molar-refractivity contribution in [3.05, 3.63) is 65.7 Å². The standard InChI is InChI=1S/C17H19NO2/c1-17(2)16(14-10-6-7-11-15(14)20-17)18-19-12-13-8-4-3-5-9-13/h3-11,16,18H,12H2,1-2H3. The highest BCUT2D eigenvalue weighted by atomic mass is 16.6. The molecule has 0 radical (unpaired) electrons. The third-order valence-corrected chi connectivity index (χ3v) is 3.58. The van der Waals surface area contributed by atoms with Gasteiger partial charge < -0.3 is 4.74 Å². The molecule has 3 heteroatoms. The number of benzene rings is 2. The van der Waals surface area contributed by atoms with E-state index >= 15 is 0 Å². The lowest BCUT2D eigenvalue weighted by Crippen LogP contribution is -2.39. The summed E-state index contributed by atoms with van der Waals surface area (Å²) in [4.78, 5) is 5.67. The number of para-hydroxylation sites is 1. The molecule has 2 aromatic carbocycles. The van der Waals surface area contributed by atoms with Crippen molar-refractivity contribution in [3.8, 4) is 5.75 Å². The molecule has 0 saturated heterocycles. The molecule has 3 rings (SSSR count). The summed E-state index contributed by atoms with van der Waals surface area (Å²) in [5.74, 6) is 0.929. The molecule has 2 aromatic rings. The first-order valence-electron chi connectivity index (χ1n) is 6.86. The van der Waals surface area contributed by atoms with Crippen LogP contribution in [0.1, 0.15) is 31.0 Å². The van der Waals surface area contributed by atoms with E-state index in [1.807, 2.05) is 48.5 Å². The van der Waals surface area contributed by atoms with Crippen LogP contribution in [0, 0.1) is 0 Å². The van der Waals surface area contributed by atoms with E-state index < -0.39 is 0 Å². The van der Waals surface area contributed by atoms with Gasteiger partial charge in [0, 0.05) is 5.56 Å². The molecule has 104 valence electrons. The molecule has 20 heavy (non-hydrogen) atoms. The molecule has 0 saturated carbocycles. The molecular formula is C17H19NO2. The maximum absolute atomic E-state index is 5.97. The summed E-state index contributed by atoms with van der Waals surface area (Å²) in [5.41, 5.74) is 5.12. The van der Waals surface area contributed by atoms with E-state index in [2.05, 4.69) is 25.4 Å². The van der Waals surface area contributed by atoms with Gasteiger partial charge in [-0.1, -0.05) is 48.5 Å². The lowest BCUT2D eigenvalue weighted by Gasteiger charge is -2.26. The minimum Gasteiger partial charge on any atom is -0.485 e. The van der Waals surface area contributed by atoms with Crippen LogP contribution in [-0.4, -0.2) is 5.60 Å². The zero-order valence-corrected chi connectivity index (χ0v) is 11.8. The van der Waals surface area contributed by atoms with E-state index in [0.717, 1.165) is 16.9 Å². The normalized spacial score (nSPS) is 19.4. The van der Waals surface area contributed by atoms with E-state index in [9.17, 15) is 0 Å². The molecule has 0 aliphatic carbocycles. The van der Waals surface area contributed by atoms with E-state index in [4.69, 9.17) is 9.57 Å². The maximum Gasteiger partial charge on any atom is 0.125 e. The minimum atomic E-state index is -0.319. The lowest BCUT2D eigenvalue weighted by atomic mass is 9.95. The fraction of sp³-hybridized carbons (Fsp3) is 0.294. The van der Waals surface area contributed by atoms with Crippen molar-refractivity contribution in [2.75, 3.05) is 0 Å². The number of hydrogen-bond donors (Lipinski definition) is 1. The van der Waals surface area contributed by atoms with Crippen molar-refractivity contribution in [2.45, 2.75) is 32.1 Å². The number of fused-ring (bicyclic) bond motifs is 1. The zero-order chi connectivity index (χ0) is 14.0. The summed E-state index contributed by atoms with van der Waals surface area (Å²) in [6.45, 7) is 4.67. The van der Waals surface area contributed by atoms with Crippen LogP contribution in [0.3, 0.4) is 0 Å². The molecule has 0 bridgehead atoms. The highest BCUT2D eigenvalue weighted by Gasteiger charge is 2.41. The Morgan fingerprint density at radius 3 is 2.55 bits per heavy atom. The van der Waals surface area contributed by atoms with Gasteiger partial charge in [-0.25, -0.2) is 0 Å².